The normalized spacial score (nSPS) is 11.6. The Hall–Kier alpha value is -3.34. The van der Waals surface area contributed by atoms with Crippen molar-refractivity contribution < 1.29 is 18.0 Å². The standard InChI is InChI=1S/C17H13F3N6OS/c18-17(19,20)12-7-11(8-13(28)9-12)16-22-10-26(25-16)6-4-15(27)24-23-14-3-1-2-5-21-14/h1-10,28H,(H,21,23)(H,24,27)/b6-4-. The first-order valence-corrected chi connectivity index (χ1v) is 8.24. The third kappa shape index (κ3) is 5.10. The number of hydrogen-bond donors (Lipinski definition) is 3. The Morgan fingerprint density at radius 2 is 2.00 bits per heavy atom. The quantitative estimate of drug-likeness (QED) is 0.344. The molecular formula is C17H13F3N6OS. The molecule has 3 aromatic rings. The highest BCUT2D eigenvalue weighted by atomic mass is 32.1. The van der Waals surface area contributed by atoms with Gasteiger partial charge in [-0.05, 0) is 30.3 Å². The van der Waals surface area contributed by atoms with Crippen LogP contribution in [0.3, 0.4) is 0 Å². The van der Waals surface area contributed by atoms with Crippen LogP contribution in [0.15, 0.2) is 59.9 Å². The third-order valence-corrected chi connectivity index (χ3v) is 3.63. The van der Waals surface area contributed by atoms with Crippen LogP contribution >= 0.6 is 12.6 Å². The molecule has 1 amide bonds. The zero-order valence-corrected chi connectivity index (χ0v) is 14.9. The van der Waals surface area contributed by atoms with E-state index in [2.05, 4.69) is 38.5 Å². The molecule has 0 spiro atoms. The van der Waals surface area contributed by atoms with Gasteiger partial charge in [0.1, 0.15) is 12.1 Å². The summed E-state index contributed by atoms with van der Waals surface area (Å²) in [5, 5.41) is 4.04. The maximum Gasteiger partial charge on any atom is 0.416 e. The highest BCUT2D eigenvalue weighted by Crippen LogP contribution is 2.33. The minimum atomic E-state index is -4.51. The molecule has 0 bridgehead atoms. The van der Waals surface area contributed by atoms with E-state index in [1.165, 1.54) is 29.4 Å². The molecule has 0 saturated carbocycles. The summed E-state index contributed by atoms with van der Waals surface area (Å²) in [6.07, 6.45) is 0.801. The SMILES string of the molecule is O=C(/C=C\n1cnc(-c2cc(S)cc(C(F)(F)F)c2)n1)NNc1ccccn1. The van der Waals surface area contributed by atoms with Crippen LogP contribution in [0.2, 0.25) is 0 Å². The van der Waals surface area contributed by atoms with Crippen molar-refractivity contribution in [3.8, 4) is 11.4 Å². The monoisotopic (exact) mass is 406 g/mol. The molecule has 2 aromatic heterocycles. The van der Waals surface area contributed by atoms with Crippen LogP contribution in [0, 0.1) is 0 Å². The second-order valence-corrected chi connectivity index (χ2v) is 5.98. The summed E-state index contributed by atoms with van der Waals surface area (Å²) >= 11 is 3.99. The smallest absolute Gasteiger partial charge is 0.282 e. The molecule has 11 heteroatoms. The van der Waals surface area contributed by atoms with E-state index < -0.39 is 17.6 Å². The molecule has 7 nitrogen and oxygen atoms in total. The van der Waals surface area contributed by atoms with E-state index in [9.17, 15) is 18.0 Å². The fourth-order valence-electron chi connectivity index (χ4n) is 2.13. The zero-order chi connectivity index (χ0) is 20.1. The Morgan fingerprint density at radius 3 is 2.71 bits per heavy atom. The molecule has 0 radical (unpaired) electrons. The second-order valence-electron chi connectivity index (χ2n) is 5.46. The molecule has 0 fully saturated rings. The molecule has 0 aliphatic heterocycles. The van der Waals surface area contributed by atoms with Crippen molar-refractivity contribution >= 4 is 30.6 Å². The molecule has 28 heavy (non-hydrogen) atoms. The van der Waals surface area contributed by atoms with Crippen molar-refractivity contribution in [3.05, 3.63) is 60.6 Å². The summed E-state index contributed by atoms with van der Waals surface area (Å²) in [7, 11) is 0. The molecule has 0 saturated heterocycles. The second kappa shape index (κ2) is 8.13. The first-order chi connectivity index (χ1) is 13.3. The zero-order valence-electron chi connectivity index (χ0n) is 14.1. The molecule has 3 rings (SSSR count). The number of pyridine rings is 1. The lowest BCUT2D eigenvalue weighted by Gasteiger charge is -2.08. The number of amides is 1. The molecule has 0 unspecified atom stereocenters. The molecule has 1 aromatic carbocycles. The van der Waals surface area contributed by atoms with Gasteiger partial charge < -0.3 is 0 Å². The molecule has 2 heterocycles. The first kappa shape index (κ1) is 19.4. The van der Waals surface area contributed by atoms with Crippen molar-refractivity contribution in [1.82, 2.24) is 25.2 Å². The van der Waals surface area contributed by atoms with Gasteiger partial charge in [0.05, 0.1) is 5.56 Å². The van der Waals surface area contributed by atoms with Gasteiger partial charge in [-0.1, -0.05) is 6.07 Å². The van der Waals surface area contributed by atoms with E-state index in [0.717, 1.165) is 12.1 Å². The predicted octanol–water partition coefficient (Wildman–Crippen LogP) is 3.26. The Labute approximate surface area is 162 Å². The average Bonchev–Trinajstić information content (AvgIpc) is 3.13. The van der Waals surface area contributed by atoms with Crippen LogP contribution in [0.25, 0.3) is 17.6 Å². The van der Waals surface area contributed by atoms with Gasteiger partial charge in [-0.2, -0.15) is 13.2 Å². The molecule has 0 aliphatic rings. The lowest BCUT2D eigenvalue weighted by molar-refractivity contribution is -0.137. The number of carbonyl (C=O) groups excluding carboxylic acids is 1. The number of hydrazine groups is 1. The topological polar surface area (TPSA) is 84.7 Å². The lowest BCUT2D eigenvalue weighted by Crippen LogP contribution is -2.28. The number of nitrogens with one attached hydrogen (secondary N) is 2. The number of anilines is 1. The lowest BCUT2D eigenvalue weighted by atomic mass is 10.1. The maximum absolute atomic E-state index is 12.9. The Kier molecular flexibility index (Phi) is 5.64. The Balaban J connectivity index is 1.68. The van der Waals surface area contributed by atoms with E-state index in [1.807, 2.05) is 0 Å². The molecule has 2 N–H and O–H groups in total. The highest BCUT2D eigenvalue weighted by molar-refractivity contribution is 7.80. The number of aromatic nitrogens is 4. The summed E-state index contributed by atoms with van der Waals surface area (Å²) < 4.78 is 40.0. The number of rotatable bonds is 5. The van der Waals surface area contributed by atoms with Crippen molar-refractivity contribution in [2.45, 2.75) is 11.1 Å². The van der Waals surface area contributed by atoms with Crippen molar-refractivity contribution in [2.75, 3.05) is 5.43 Å². The van der Waals surface area contributed by atoms with Crippen molar-refractivity contribution in [1.29, 1.82) is 0 Å². The fraction of sp³-hybridized carbons (Fsp3) is 0.0588. The number of benzene rings is 1. The minimum absolute atomic E-state index is 0.0677. The number of carbonyl (C=O) groups is 1. The number of thiol groups is 1. The number of halogens is 3. The van der Waals surface area contributed by atoms with Gasteiger partial charge in [0.2, 0.25) is 0 Å². The van der Waals surface area contributed by atoms with Crippen LogP contribution in [0.1, 0.15) is 5.56 Å². The van der Waals surface area contributed by atoms with Crippen LogP contribution < -0.4 is 10.9 Å². The minimum Gasteiger partial charge on any atom is -0.282 e. The van der Waals surface area contributed by atoms with E-state index in [-0.39, 0.29) is 16.3 Å². The van der Waals surface area contributed by atoms with Crippen LogP contribution in [0.4, 0.5) is 19.0 Å². The van der Waals surface area contributed by atoms with E-state index in [4.69, 9.17) is 0 Å². The Morgan fingerprint density at radius 1 is 1.18 bits per heavy atom. The summed E-state index contributed by atoms with van der Waals surface area (Å²) in [5.74, 6) is 0.0388. The number of alkyl halides is 3. The number of hydrogen-bond acceptors (Lipinski definition) is 6. The van der Waals surface area contributed by atoms with E-state index >= 15 is 0 Å². The average molecular weight is 406 g/mol. The summed E-state index contributed by atoms with van der Waals surface area (Å²) in [6, 6.07) is 8.42. The summed E-state index contributed by atoms with van der Waals surface area (Å²) in [4.78, 5) is 19.9. The van der Waals surface area contributed by atoms with Gasteiger partial charge in [0, 0.05) is 28.9 Å². The molecular weight excluding hydrogens is 393 g/mol. The van der Waals surface area contributed by atoms with Gasteiger partial charge in [-0.25, -0.2) is 14.6 Å². The summed E-state index contributed by atoms with van der Waals surface area (Å²) in [5.41, 5.74) is 4.34. The van der Waals surface area contributed by atoms with E-state index in [1.54, 1.807) is 24.4 Å². The molecule has 144 valence electrons. The number of nitrogens with zero attached hydrogens (tertiary/aromatic N) is 4. The largest absolute Gasteiger partial charge is 0.416 e. The summed E-state index contributed by atoms with van der Waals surface area (Å²) in [6.45, 7) is 0. The van der Waals surface area contributed by atoms with Gasteiger partial charge >= 0.3 is 6.18 Å². The van der Waals surface area contributed by atoms with Crippen LogP contribution in [-0.2, 0) is 11.0 Å². The van der Waals surface area contributed by atoms with Crippen molar-refractivity contribution in [3.63, 3.8) is 0 Å². The van der Waals surface area contributed by atoms with Crippen LogP contribution in [-0.4, -0.2) is 25.7 Å². The fourth-order valence-corrected chi connectivity index (χ4v) is 2.41. The molecule has 0 aliphatic carbocycles. The van der Waals surface area contributed by atoms with Gasteiger partial charge in [0.25, 0.3) is 5.91 Å². The molecule has 0 atom stereocenters. The highest BCUT2D eigenvalue weighted by Gasteiger charge is 2.31. The van der Waals surface area contributed by atoms with E-state index in [0.29, 0.717) is 5.82 Å². The third-order valence-electron chi connectivity index (χ3n) is 3.37. The predicted molar refractivity (Wildman–Crippen MR) is 99.0 cm³/mol. The maximum atomic E-state index is 12.9. The van der Waals surface area contributed by atoms with Crippen molar-refractivity contribution in [2.24, 2.45) is 0 Å². The van der Waals surface area contributed by atoms with Gasteiger partial charge in [-0.3, -0.25) is 15.6 Å². The van der Waals surface area contributed by atoms with Crippen LogP contribution in [0.5, 0.6) is 0 Å². The van der Waals surface area contributed by atoms with Gasteiger partial charge in [0.15, 0.2) is 5.82 Å². The van der Waals surface area contributed by atoms with Gasteiger partial charge in [-0.15, -0.1) is 17.7 Å². The Bertz CT molecular complexity index is 1000. The first-order valence-electron chi connectivity index (χ1n) is 7.79.